The van der Waals surface area contributed by atoms with Gasteiger partial charge in [0.15, 0.2) is 0 Å². The summed E-state index contributed by atoms with van der Waals surface area (Å²) in [4.78, 5) is 12.1. The Bertz CT molecular complexity index is 459. The van der Waals surface area contributed by atoms with Crippen LogP contribution in [0.4, 0.5) is 5.69 Å². The lowest BCUT2D eigenvalue weighted by molar-refractivity contribution is 0.0910. The van der Waals surface area contributed by atoms with Crippen molar-refractivity contribution in [2.24, 2.45) is 5.41 Å². The van der Waals surface area contributed by atoms with Crippen LogP contribution < -0.4 is 11.1 Å². The number of hydrogen-bond acceptors (Lipinski definition) is 3. The van der Waals surface area contributed by atoms with Gasteiger partial charge in [-0.1, -0.05) is 29.8 Å². The number of nitrogen functional groups attached to an aromatic ring is 1. The van der Waals surface area contributed by atoms with Crippen LogP contribution in [-0.2, 0) is 0 Å². The Morgan fingerprint density at radius 2 is 2.11 bits per heavy atom. The summed E-state index contributed by atoms with van der Waals surface area (Å²) in [6.07, 6.45) is 0. The Morgan fingerprint density at radius 1 is 1.50 bits per heavy atom. The molecular formula is C13H19BrN2O2. The molecule has 5 heteroatoms. The normalized spacial score (nSPS) is 11.4. The summed E-state index contributed by atoms with van der Waals surface area (Å²) < 4.78 is 0.775. The van der Waals surface area contributed by atoms with Gasteiger partial charge in [-0.15, -0.1) is 0 Å². The average molecular weight is 315 g/mol. The molecule has 0 bridgehead atoms. The number of nitrogens with two attached hydrogens (primary N) is 1. The highest BCUT2D eigenvalue weighted by Gasteiger charge is 2.19. The summed E-state index contributed by atoms with van der Waals surface area (Å²) in [7, 11) is 0. The summed E-state index contributed by atoms with van der Waals surface area (Å²) >= 11 is 3.32. The molecule has 0 unspecified atom stereocenters. The molecule has 0 saturated carbocycles. The molecule has 1 amide bonds. The predicted molar refractivity (Wildman–Crippen MR) is 76.5 cm³/mol. The highest BCUT2D eigenvalue weighted by Crippen LogP contribution is 2.23. The average Bonchev–Trinajstić information content (AvgIpc) is 2.31. The fraction of sp³-hybridized carbons (Fsp3) is 0.462. The molecule has 18 heavy (non-hydrogen) atoms. The number of benzene rings is 1. The summed E-state index contributed by atoms with van der Waals surface area (Å²) in [6, 6.07) is 3.51. The van der Waals surface area contributed by atoms with Crippen molar-refractivity contribution in [1.82, 2.24) is 5.32 Å². The second kappa shape index (κ2) is 5.71. The van der Waals surface area contributed by atoms with Crippen LogP contribution >= 0.6 is 15.9 Å². The van der Waals surface area contributed by atoms with Crippen LogP contribution in [0, 0.1) is 12.3 Å². The number of carbonyl (C=O) groups is 1. The monoisotopic (exact) mass is 314 g/mol. The van der Waals surface area contributed by atoms with Crippen molar-refractivity contribution in [2.45, 2.75) is 20.8 Å². The first-order valence-electron chi connectivity index (χ1n) is 5.71. The number of aliphatic hydroxyl groups is 1. The van der Waals surface area contributed by atoms with Crippen LogP contribution in [0.5, 0.6) is 0 Å². The van der Waals surface area contributed by atoms with Gasteiger partial charge in [-0.2, -0.15) is 0 Å². The number of aliphatic hydroxyl groups excluding tert-OH is 1. The second-order valence-corrected chi connectivity index (χ2v) is 6.09. The van der Waals surface area contributed by atoms with Gasteiger partial charge in [-0.05, 0) is 24.6 Å². The van der Waals surface area contributed by atoms with Gasteiger partial charge in [0.1, 0.15) is 0 Å². The molecule has 0 fully saturated rings. The third-order valence-electron chi connectivity index (χ3n) is 2.81. The molecule has 1 aromatic rings. The molecule has 0 saturated heterocycles. The number of rotatable bonds is 4. The van der Waals surface area contributed by atoms with E-state index in [2.05, 4.69) is 21.2 Å². The molecular weight excluding hydrogens is 296 g/mol. The number of hydrogen-bond donors (Lipinski definition) is 3. The standard InChI is InChI=1S/C13H19BrN2O2/c1-8-10(4-9(14)5-11(8)15)12(18)16-6-13(2,3)7-17/h4-5,17H,6-7,15H2,1-3H3,(H,16,18). The first kappa shape index (κ1) is 15.0. The first-order valence-corrected chi connectivity index (χ1v) is 6.51. The predicted octanol–water partition coefficient (Wildman–Crippen LogP) is 2.09. The lowest BCUT2D eigenvalue weighted by Gasteiger charge is -2.22. The third kappa shape index (κ3) is 3.71. The molecule has 0 heterocycles. The molecule has 0 atom stereocenters. The second-order valence-electron chi connectivity index (χ2n) is 5.17. The molecule has 0 aromatic heterocycles. The van der Waals surface area contributed by atoms with E-state index >= 15 is 0 Å². The largest absolute Gasteiger partial charge is 0.398 e. The van der Waals surface area contributed by atoms with Crippen LogP contribution in [0.3, 0.4) is 0 Å². The van der Waals surface area contributed by atoms with E-state index in [0.29, 0.717) is 17.8 Å². The summed E-state index contributed by atoms with van der Waals surface area (Å²) in [5.74, 6) is -0.179. The van der Waals surface area contributed by atoms with Crippen molar-refractivity contribution in [3.05, 3.63) is 27.7 Å². The molecule has 0 aliphatic rings. The number of anilines is 1. The molecule has 1 rings (SSSR count). The van der Waals surface area contributed by atoms with Gasteiger partial charge < -0.3 is 16.2 Å². The van der Waals surface area contributed by atoms with Crippen molar-refractivity contribution in [1.29, 1.82) is 0 Å². The highest BCUT2D eigenvalue weighted by atomic mass is 79.9. The zero-order valence-corrected chi connectivity index (χ0v) is 12.5. The minimum absolute atomic E-state index is 0.0207. The van der Waals surface area contributed by atoms with E-state index in [1.807, 2.05) is 20.8 Å². The summed E-state index contributed by atoms with van der Waals surface area (Å²) in [6.45, 7) is 6.01. The first-order chi connectivity index (χ1) is 8.26. The highest BCUT2D eigenvalue weighted by molar-refractivity contribution is 9.10. The summed E-state index contributed by atoms with van der Waals surface area (Å²) in [5.41, 5.74) is 7.38. The van der Waals surface area contributed by atoms with E-state index in [1.165, 1.54) is 0 Å². The van der Waals surface area contributed by atoms with Crippen molar-refractivity contribution >= 4 is 27.5 Å². The van der Waals surface area contributed by atoms with E-state index in [4.69, 9.17) is 10.8 Å². The number of nitrogens with one attached hydrogen (secondary N) is 1. The minimum Gasteiger partial charge on any atom is -0.398 e. The van der Waals surface area contributed by atoms with Gasteiger partial charge in [0.2, 0.25) is 0 Å². The number of halogens is 1. The third-order valence-corrected chi connectivity index (χ3v) is 3.27. The topological polar surface area (TPSA) is 75.4 Å². The van der Waals surface area contributed by atoms with Gasteiger partial charge in [0.05, 0.1) is 0 Å². The van der Waals surface area contributed by atoms with Gasteiger partial charge in [0, 0.05) is 34.3 Å². The molecule has 0 radical (unpaired) electrons. The van der Waals surface area contributed by atoms with Crippen LogP contribution in [0.25, 0.3) is 0 Å². The molecule has 0 aliphatic carbocycles. The summed E-state index contributed by atoms with van der Waals surface area (Å²) in [5, 5.41) is 12.0. The fourth-order valence-corrected chi connectivity index (χ4v) is 1.88. The maximum atomic E-state index is 12.1. The molecule has 4 nitrogen and oxygen atoms in total. The van der Waals surface area contributed by atoms with Crippen molar-refractivity contribution in [2.75, 3.05) is 18.9 Å². The Labute approximate surface area is 116 Å². The van der Waals surface area contributed by atoms with E-state index in [9.17, 15) is 4.79 Å². The zero-order chi connectivity index (χ0) is 13.9. The Kier molecular flexibility index (Phi) is 4.76. The van der Waals surface area contributed by atoms with Gasteiger partial charge in [-0.3, -0.25) is 4.79 Å². The molecule has 0 spiro atoms. The SMILES string of the molecule is Cc1c(N)cc(Br)cc1C(=O)NCC(C)(C)CO. The van der Waals surface area contributed by atoms with E-state index in [0.717, 1.165) is 10.0 Å². The minimum atomic E-state index is -0.332. The number of amides is 1. The van der Waals surface area contributed by atoms with Crippen LogP contribution in [-0.4, -0.2) is 24.2 Å². The molecule has 4 N–H and O–H groups in total. The fourth-order valence-electron chi connectivity index (χ4n) is 1.41. The Balaban J connectivity index is 2.85. The van der Waals surface area contributed by atoms with Crippen molar-refractivity contribution in [3.63, 3.8) is 0 Å². The molecule has 1 aromatic carbocycles. The lowest BCUT2D eigenvalue weighted by Crippen LogP contribution is -2.36. The number of carbonyl (C=O) groups excluding carboxylic acids is 1. The van der Waals surface area contributed by atoms with E-state index in [1.54, 1.807) is 12.1 Å². The van der Waals surface area contributed by atoms with E-state index in [-0.39, 0.29) is 17.9 Å². The maximum absolute atomic E-state index is 12.1. The van der Waals surface area contributed by atoms with Gasteiger partial charge >= 0.3 is 0 Å². The van der Waals surface area contributed by atoms with Gasteiger partial charge in [0.25, 0.3) is 5.91 Å². The smallest absolute Gasteiger partial charge is 0.251 e. The van der Waals surface area contributed by atoms with Crippen molar-refractivity contribution in [3.8, 4) is 0 Å². The Hall–Kier alpha value is -1.07. The van der Waals surface area contributed by atoms with Crippen molar-refractivity contribution < 1.29 is 9.90 Å². The molecule has 100 valence electrons. The molecule has 0 aliphatic heterocycles. The lowest BCUT2D eigenvalue weighted by atomic mass is 9.94. The van der Waals surface area contributed by atoms with Crippen LogP contribution in [0.15, 0.2) is 16.6 Å². The Morgan fingerprint density at radius 3 is 2.67 bits per heavy atom. The van der Waals surface area contributed by atoms with E-state index < -0.39 is 0 Å². The van der Waals surface area contributed by atoms with Gasteiger partial charge in [-0.25, -0.2) is 0 Å². The zero-order valence-electron chi connectivity index (χ0n) is 10.9. The van der Waals surface area contributed by atoms with Crippen LogP contribution in [0.1, 0.15) is 29.8 Å². The quantitative estimate of drug-likeness (QED) is 0.745. The van der Waals surface area contributed by atoms with Crippen LogP contribution in [0.2, 0.25) is 0 Å². The maximum Gasteiger partial charge on any atom is 0.251 e.